The second kappa shape index (κ2) is 7.28. The molecule has 0 bridgehead atoms. The van der Waals surface area contributed by atoms with Crippen molar-refractivity contribution in [2.75, 3.05) is 18.0 Å². The molecule has 1 aliphatic carbocycles. The third kappa shape index (κ3) is 3.25. The van der Waals surface area contributed by atoms with E-state index in [0.29, 0.717) is 11.9 Å². The zero-order chi connectivity index (χ0) is 19.8. The van der Waals surface area contributed by atoms with Gasteiger partial charge < -0.3 is 10.2 Å². The van der Waals surface area contributed by atoms with Gasteiger partial charge in [0.05, 0.1) is 11.6 Å². The highest BCUT2D eigenvalue weighted by atomic mass is 16.2. The van der Waals surface area contributed by atoms with Crippen LogP contribution >= 0.6 is 0 Å². The first kappa shape index (κ1) is 18.5. The van der Waals surface area contributed by atoms with Crippen molar-refractivity contribution < 1.29 is 0 Å². The molecular weight excluding hydrogens is 354 g/mol. The van der Waals surface area contributed by atoms with Crippen molar-refractivity contribution in [3.05, 3.63) is 61.8 Å². The van der Waals surface area contributed by atoms with Crippen molar-refractivity contribution in [3.8, 4) is 6.07 Å². The molecule has 1 unspecified atom stereocenters. The Morgan fingerprint density at radius 2 is 1.96 bits per heavy atom. The quantitative estimate of drug-likeness (QED) is 0.867. The largest absolute Gasteiger partial charge is 0.356 e. The Morgan fingerprint density at radius 1 is 1.14 bits per heavy atom. The van der Waals surface area contributed by atoms with Crippen LogP contribution in [0.25, 0.3) is 0 Å². The zero-order valence-corrected chi connectivity index (χ0v) is 16.3. The normalized spacial score (nSPS) is 21.4. The van der Waals surface area contributed by atoms with Crippen LogP contribution in [-0.4, -0.2) is 28.3 Å². The first-order valence-electron chi connectivity index (χ1n) is 9.79. The van der Waals surface area contributed by atoms with Crippen molar-refractivity contribution in [1.29, 1.82) is 5.26 Å². The average molecular weight is 379 g/mol. The molecule has 2 atom stereocenters. The van der Waals surface area contributed by atoms with Crippen molar-refractivity contribution in [1.82, 2.24) is 14.5 Å². The van der Waals surface area contributed by atoms with Gasteiger partial charge >= 0.3 is 5.69 Å². The van der Waals surface area contributed by atoms with Crippen LogP contribution in [0.1, 0.15) is 42.0 Å². The molecule has 1 aromatic heterocycles. The van der Waals surface area contributed by atoms with Crippen molar-refractivity contribution in [2.45, 2.75) is 37.8 Å². The van der Waals surface area contributed by atoms with Crippen LogP contribution in [-0.2, 0) is 20.5 Å². The van der Waals surface area contributed by atoms with Crippen LogP contribution in [0.4, 0.5) is 5.82 Å². The molecule has 146 valence electrons. The number of aromatic nitrogens is 2. The fraction of sp³-hybridized carbons (Fsp3) is 0.476. The predicted molar refractivity (Wildman–Crippen MR) is 108 cm³/mol. The Kier molecular flexibility index (Phi) is 4.82. The van der Waals surface area contributed by atoms with E-state index in [1.807, 2.05) is 12.1 Å². The monoisotopic (exact) mass is 379 g/mol. The first-order valence-corrected chi connectivity index (χ1v) is 9.79. The maximum Gasteiger partial charge on any atom is 0.332 e. The molecule has 0 amide bonds. The van der Waals surface area contributed by atoms with Gasteiger partial charge in [0.25, 0.3) is 5.56 Å². The number of nitriles is 1. The first-order chi connectivity index (χ1) is 13.5. The lowest BCUT2D eigenvalue weighted by Crippen LogP contribution is -2.41. The lowest BCUT2D eigenvalue weighted by atomic mass is 9.86. The topological polar surface area (TPSA) is 83.1 Å². The van der Waals surface area contributed by atoms with Gasteiger partial charge in [0.15, 0.2) is 0 Å². The minimum absolute atomic E-state index is 0.274. The Labute approximate surface area is 163 Å². The van der Waals surface area contributed by atoms with E-state index in [0.717, 1.165) is 48.9 Å². The Bertz CT molecular complexity index is 1060. The van der Waals surface area contributed by atoms with Gasteiger partial charge in [-0.15, -0.1) is 0 Å². The molecule has 2 aliphatic rings. The summed E-state index contributed by atoms with van der Waals surface area (Å²) in [6, 6.07) is 10.3. The molecule has 4 rings (SSSR count). The summed E-state index contributed by atoms with van der Waals surface area (Å²) >= 11 is 0. The summed E-state index contributed by atoms with van der Waals surface area (Å²) in [5.74, 6) is 0.681. The van der Waals surface area contributed by atoms with Crippen LogP contribution in [0.3, 0.4) is 0 Å². The highest BCUT2D eigenvalue weighted by molar-refractivity contribution is 5.42. The van der Waals surface area contributed by atoms with E-state index in [-0.39, 0.29) is 17.3 Å². The molecule has 2 heterocycles. The van der Waals surface area contributed by atoms with Gasteiger partial charge in [0.2, 0.25) is 0 Å². The number of nitrogens with zero attached hydrogens (tertiary/aromatic N) is 4. The molecule has 2 aromatic rings. The standard InChI is InChI=1S/C21H25N5O2/c1-24-19(11-20(27)25(2)21(24)28)26-9-8-16(13-26)23-18-5-3-4-15-10-14(12-22)6-7-17(15)18/h6-7,10-11,16,18,23H,3-5,8-9,13H2,1-2H3/t16-,18?/m1/s1. The van der Waals surface area contributed by atoms with E-state index >= 15 is 0 Å². The molecule has 7 heteroatoms. The molecule has 1 saturated heterocycles. The van der Waals surface area contributed by atoms with E-state index < -0.39 is 0 Å². The van der Waals surface area contributed by atoms with Gasteiger partial charge in [-0.2, -0.15) is 5.26 Å². The third-order valence-corrected chi connectivity index (χ3v) is 6.04. The number of hydrogen-bond acceptors (Lipinski definition) is 5. The van der Waals surface area contributed by atoms with Crippen LogP contribution in [0.15, 0.2) is 33.9 Å². The molecule has 7 nitrogen and oxygen atoms in total. The van der Waals surface area contributed by atoms with Gasteiger partial charge in [-0.1, -0.05) is 6.07 Å². The Morgan fingerprint density at radius 3 is 2.75 bits per heavy atom. The SMILES string of the molecule is Cn1c(N2CC[C@@H](NC3CCCc4cc(C#N)ccc43)C2)cc(=O)n(C)c1=O. The summed E-state index contributed by atoms with van der Waals surface area (Å²) in [5.41, 5.74) is 2.71. The van der Waals surface area contributed by atoms with Gasteiger partial charge in [-0.3, -0.25) is 13.9 Å². The fourth-order valence-electron chi connectivity index (χ4n) is 4.47. The van der Waals surface area contributed by atoms with Crippen LogP contribution in [0.2, 0.25) is 0 Å². The summed E-state index contributed by atoms with van der Waals surface area (Å²) in [5, 5.41) is 12.9. The predicted octanol–water partition coefficient (Wildman–Crippen LogP) is 1.20. The lowest BCUT2D eigenvalue weighted by molar-refractivity contribution is 0.409. The number of anilines is 1. The average Bonchev–Trinajstić information content (AvgIpc) is 3.17. The van der Waals surface area contributed by atoms with Crippen LogP contribution < -0.4 is 21.5 Å². The highest BCUT2D eigenvalue weighted by Gasteiger charge is 2.29. The van der Waals surface area contributed by atoms with Gasteiger partial charge in [0.1, 0.15) is 5.82 Å². The second-order valence-electron chi connectivity index (χ2n) is 7.81. The number of fused-ring (bicyclic) bond motifs is 1. The van der Waals surface area contributed by atoms with E-state index in [1.165, 1.54) is 18.2 Å². The van der Waals surface area contributed by atoms with Crippen molar-refractivity contribution in [3.63, 3.8) is 0 Å². The van der Waals surface area contributed by atoms with Gasteiger partial charge in [-0.05, 0) is 48.9 Å². The third-order valence-electron chi connectivity index (χ3n) is 6.04. The summed E-state index contributed by atoms with van der Waals surface area (Å²) in [6.45, 7) is 1.58. The Balaban J connectivity index is 1.51. The number of rotatable bonds is 3. The van der Waals surface area contributed by atoms with Gasteiger partial charge in [0, 0.05) is 45.3 Å². The van der Waals surface area contributed by atoms with E-state index in [4.69, 9.17) is 5.26 Å². The number of hydrogen-bond donors (Lipinski definition) is 1. The fourth-order valence-corrected chi connectivity index (χ4v) is 4.47. The minimum Gasteiger partial charge on any atom is -0.356 e. The maximum absolute atomic E-state index is 12.2. The molecule has 1 N–H and O–H groups in total. The molecule has 0 spiro atoms. The summed E-state index contributed by atoms with van der Waals surface area (Å²) in [6.07, 6.45) is 4.18. The molecule has 28 heavy (non-hydrogen) atoms. The molecule has 0 radical (unpaired) electrons. The van der Waals surface area contributed by atoms with E-state index in [1.54, 1.807) is 17.7 Å². The second-order valence-corrected chi connectivity index (χ2v) is 7.81. The van der Waals surface area contributed by atoms with E-state index in [2.05, 4.69) is 22.4 Å². The maximum atomic E-state index is 12.2. The molecule has 1 aromatic carbocycles. The van der Waals surface area contributed by atoms with Gasteiger partial charge in [-0.25, -0.2) is 4.79 Å². The molecular formula is C21H25N5O2. The van der Waals surface area contributed by atoms with E-state index in [9.17, 15) is 9.59 Å². The number of benzene rings is 1. The highest BCUT2D eigenvalue weighted by Crippen LogP contribution is 2.31. The minimum atomic E-state index is -0.298. The van der Waals surface area contributed by atoms with Crippen molar-refractivity contribution in [2.24, 2.45) is 14.1 Å². The summed E-state index contributed by atoms with van der Waals surface area (Å²) in [4.78, 5) is 26.4. The van der Waals surface area contributed by atoms with Crippen molar-refractivity contribution >= 4 is 5.82 Å². The number of aryl methyl sites for hydroxylation is 1. The molecule has 1 aliphatic heterocycles. The summed E-state index contributed by atoms with van der Waals surface area (Å²) < 4.78 is 2.67. The number of nitrogens with one attached hydrogen (secondary N) is 1. The molecule has 1 fully saturated rings. The van der Waals surface area contributed by atoms with Crippen LogP contribution in [0.5, 0.6) is 0 Å². The summed E-state index contributed by atoms with van der Waals surface area (Å²) in [7, 11) is 3.21. The smallest absolute Gasteiger partial charge is 0.332 e. The lowest BCUT2D eigenvalue weighted by Gasteiger charge is -2.29. The zero-order valence-electron chi connectivity index (χ0n) is 16.3. The molecule has 0 saturated carbocycles. The Hall–Kier alpha value is -2.85. The van der Waals surface area contributed by atoms with Crippen LogP contribution in [0, 0.1) is 11.3 Å².